The quantitative estimate of drug-likeness (QED) is 0.675. The van der Waals surface area contributed by atoms with Crippen LogP contribution in [0.5, 0.6) is 5.75 Å². The number of nitro benzene ring substituents is 1. The van der Waals surface area contributed by atoms with Gasteiger partial charge in [0.2, 0.25) is 0 Å². The second kappa shape index (κ2) is 6.09. The maximum Gasteiger partial charge on any atom is 0.275 e. The molecule has 1 saturated heterocycles. The molecule has 2 rings (SSSR count). The minimum absolute atomic E-state index is 0.0142. The first-order valence-electron chi connectivity index (χ1n) is 6.92. The van der Waals surface area contributed by atoms with E-state index < -0.39 is 0 Å². The third-order valence-corrected chi connectivity index (χ3v) is 3.36. The van der Waals surface area contributed by atoms with E-state index in [2.05, 4.69) is 4.90 Å². The molecule has 1 aromatic rings. The van der Waals surface area contributed by atoms with Crippen LogP contribution in [0.15, 0.2) is 18.2 Å². The highest BCUT2D eigenvalue weighted by Crippen LogP contribution is 2.30. The second-order valence-electron chi connectivity index (χ2n) is 5.43. The Morgan fingerprint density at radius 3 is 2.55 bits per heavy atom. The summed E-state index contributed by atoms with van der Waals surface area (Å²) in [6.45, 7) is 5.45. The van der Waals surface area contributed by atoms with Gasteiger partial charge >= 0.3 is 0 Å². The lowest BCUT2D eigenvalue weighted by atomic mass is 10.1. The highest BCUT2D eigenvalue weighted by molar-refractivity contribution is 5.58. The van der Waals surface area contributed by atoms with Crippen LogP contribution in [0.2, 0.25) is 0 Å². The van der Waals surface area contributed by atoms with E-state index in [1.165, 1.54) is 6.07 Å². The minimum Gasteiger partial charge on any atom is -0.491 e. The lowest BCUT2D eigenvalue weighted by molar-refractivity contribution is -0.384. The van der Waals surface area contributed by atoms with Crippen LogP contribution in [-0.2, 0) is 0 Å². The van der Waals surface area contributed by atoms with Crippen LogP contribution in [0.25, 0.3) is 0 Å². The number of ether oxygens (including phenoxy) is 1. The summed E-state index contributed by atoms with van der Waals surface area (Å²) in [6, 6.07) is 5.17. The topological polar surface area (TPSA) is 81.6 Å². The Kier molecular flexibility index (Phi) is 4.44. The number of nitro groups is 1. The fourth-order valence-electron chi connectivity index (χ4n) is 2.35. The molecule has 0 radical (unpaired) electrons. The Morgan fingerprint density at radius 2 is 2.00 bits per heavy atom. The number of nitrogens with two attached hydrogens (primary N) is 1. The SMILES string of the molecule is CC(C)Oc1cc(N2CCC(N)CC2)cc([N+](=O)[O-])c1. The highest BCUT2D eigenvalue weighted by Gasteiger charge is 2.20. The van der Waals surface area contributed by atoms with Crippen molar-refractivity contribution < 1.29 is 9.66 Å². The number of anilines is 1. The fraction of sp³-hybridized carbons (Fsp3) is 0.571. The molecule has 1 aromatic carbocycles. The van der Waals surface area contributed by atoms with Crippen molar-refractivity contribution in [1.29, 1.82) is 0 Å². The largest absolute Gasteiger partial charge is 0.491 e. The van der Waals surface area contributed by atoms with Crippen LogP contribution >= 0.6 is 0 Å². The van der Waals surface area contributed by atoms with Crippen molar-refractivity contribution in [3.05, 3.63) is 28.3 Å². The first-order valence-corrected chi connectivity index (χ1v) is 6.92. The van der Waals surface area contributed by atoms with Crippen LogP contribution in [0, 0.1) is 10.1 Å². The van der Waals surface area contributed by atoms with E-state index in [1.807, 2.05) is 19.9 Å². The summed E-state index contributed by atoms with van der Waals surface area (Å²) in [5.74, 6) is 0.541. The molecule has 0 amide bonds. The number of benzene rings is 1. The zero-order valence-corrected chi connectivity index (χ0v) is 11.9. The second-order valence-corrected chi connectivity index (χ2v) is 5.43. The van der Waals surface area contributed by atoms with E-state index in [4.69, 9.17) is 10.5 Å². The van der Waals surface area contributed by atoms with Gasteiger partial charge in [-0.3, -0.25) is 10.1 Å². The molecular weight excluding hydrogens is 258 g/mol. The number of hydrogen-bond acceptors (Lipinski definition) is 5. The predicted octanol–water partition coefficient (Wildman–Crippen LogP) is 2.31. The predicted molar refractivity (Wildman–Crippen MR) is 78.3 cm³/mol. The highest BCUT2D eigenvalue weighted by atomic mass is 16.6. The van der Waals surface area contributed by atoms with Crippen molar-refractivity contribution >= 4 is 11.4 Å². The number of piperidine rings is 1. The molecule has 1 aliphatic rings. The summed E-state index contributed by atoms with van der Waals surface area (Å²) < 4.78 is 5.60. The molecule has 0 unspecified atom stereocenters. The molecule has 1 aliphatic heterocycles. The van der Waals surface area contributed by atoms with Gasteiger partial charge in [-0.05, 0) is 26.7 Å². The van der Waals surface area contributed by atoms with E-state index in [0.717, 1.165) is 31.6 Å². The van der Waals surface area contributed by atoms with Gasteiger partial charge in [0.05, 0.1) is 17.1 Å². The Labute approximate surface area is 118 Å². The van der Waals surface area contributed by atoms with E-state index >= 15 is 0 Å². The molecular formula is C14H21N3O3. The summed E-state index contributed by atoms with van der Waals surface area (Å²) in [5.41, 5.74) is 6.79. The Hall–Kier alpha value is -1.82. The third kappa shape index (κ3) is 3.60. The third-order valence-electron chi connectivity index (χ3n) is 3.36. The molecule has 1 fully saturated rings. The maximum atomic E-state index is 11.0. The molecule has 6 nitrogen and oxygen atoms in total. The van der Waals surface area contributed by atoms with Crippen molar-refractivity contribution in [2.24, 2.45) is 5.73 Å². The van der Waals surface area contributed by atoms with E-state index in [1.54, 1.807) is 6.07 Å². The van der Waals surface area contributed by atoms with Gasteiger partial charge in [-0.25, -0.2) is 0 Å². The Morgan fingerprint density at radius 1 is 1.35 bits per heavy atom. The van der Waals surface area contributed by atoms with Gasteiger partial charge in [0.1, 0.15) is 5.75 Å². The lowest BCUT2D eigenvalue weighted by Crippen LogP contribution is -2.39. The van der Waals surface area contributed by atoms with Crippen LogP contribution in [0.4, 0.5) is 11.4 Å². The average molecular weight is 279 g/mol. The van der Waals surface area contributed by atoms with Crippen molar-refractivity contribution in [2.75, 3.05) is 18.0 Å². The molecule has 0 aliphatic carbocycles. The summed E-state index contributed by atoms with van der Waals surface area (Å²) in [7, 11) is 0. The zero-order chi connectivity index (χ0) is 14.7. The number of rotatable bonds is 4. The van der Waals surface area contributed by atoms with Gasteiger partial charge in [-0.2, -0.15) is 0 Å². The summed E-state index contributed by atoms with van der Waals surface area (Å²) in [6.07, 6.45) is 1.80. The standard InChI is InChI=1S/C14H21N3O3/c1-10(2)20-14-8-12(7-13(9-14)17(18)19)16-5-3-11(15)4-6-16/h7-11H,3-6,15H2,1-2H3. The van der Waals surface area contributed by atoms with E-state index in [-0.39, 0.29) is 22.8 Å². The fourth-order valence-corrected chi connectivity index (χ4v) is 2.35. The molecule has 0 saturated carbocycles. The van der Waals surface area contributed by atoms with Gasteiger partial charge in [-0.1, -0.05) is 0 Å². The van der Waals surface area contributed by atoms with Gasteiger partial charge in [0, 0.05) is 37.0 Å². The molecule has 0 spiro atoms. The van der Waals surface area contributed by atoms with Crippen molar-refractivity contribution in [1.82, 2.24) is 0 Å². The average Bonchev–Trinajstić information content (AvgIpc) is 2.38. The molecule has 0 atom stereocenters. The van der Waals surface area contributed by atoms with Crippen molar-refractivity contribution in [3.63, 3.8) is 0 Å². The van der Waals surface area contributed by atoms with Crippen molar-refractivity contribution in [2.45, 2.75) is 38.8 Å². The first-order chi connectivity index (χ1) is 9.45. The maximum absolute atomic E-state index is 11.0. The zero-order valence-electron chi connectivity index (χ0n) is 11.9. The number of hydrogen-bond donors (Lipinski definition) is 1. The molecule has 1 heterocycles. The molecule has 20 heavy (non-hydrogen) atoms. The Balaban J connectivity index is 2.26. The van der Waals surface area contributed by atoms with Crippen LogP contribution in [0.3, 0.4) is 0 Å². The smallest absolute Gasteiger partial charge is 0.275 e. The summed E-state index contributed by atoms with van der Waals surface area (Å²) in [5, 5.41) is 11.0. The normalized spacial score (nSPS) is 16.5. The van der Waals surface area contributed by atoms with E-state index in [0.29, 0.717) is 5.75 Å². The van der Waals surface area contributed by atoms with Gasteiger partial charge in [0.15, 0.2) is 0 Å². The first kappa shape index (κ1) is 14.6. The monoisotopic (exact) mass is 279 g/mol. The molecule has 2 N–H and O–H groups in total. The van der Waals surface area contributed by atoms with E-state index in [9.17, 15) is 10.1 Å². The van der Waals surface area contributed by atoms with Crippen LogP contribution in [-0.4, -0.2) is 30.2 Å². The Bertz CT molecular complexity index is 483. The number of non-ortho nitro benzene ring substituents is 1. The van der Waals surface area contributed by atoms with Gasteiger partial charge in [-0.15, -0.1) is 0 Å². The molecule has 6 heteroatoms. The van der Waals surface area contributed by atoms with Gasteiger partial charge < -0.3 is 15.4 Å². The van der Waals surface area contributed by atoms with Gasteiger partial charge in [0.25, 0.3) is 5.69 Å². The minimum atomic E-state index is -0.383. The number of nitrogens with zero attached hydrogens (tertiary/aromatic N) is 2. The van der Waals surface area contributed by atoms with Crippen molar-refractivity contribution in [3.8, 4) is 5.75 Å². The molecule has 110 valence electrons. The summed E-state index contributed by atoms with van der Waals surface area (Å²) >= 11 is 0. The summed E-state index contributed by atoms with van der Waals surface area (Å²) in [4.78, 5) is 12.8. The van der Waals surface area contributed by atoms with Crippen LogP contribution in [0.1, 0.15) is 26.7 Å². The lowest BCUT2D eigenvalue weighted by Gasteiger charge is -2.32. The molecule has 0 bridgehead atoms. The van der Waals surface area contributed by atoms with Crippen LogP contribution < -0.4 is 15.4 Å². The molecule has 0 aromatic heterocycles.